The van der Waals surface area contributed by atoms with Gasteiger partial charge in [0.05, 0.1) is 12.7 Å². The number of hydrogen-bond acceptors (Lipinski definition) is 8. The van der Waals surface area contributed by atoms with Crippen molar-refractivity contribution in [3.05, 3.63) is 23.8 Å². The average Bonchev–Trinajstić information content (AvgIpc) is 2.58. The van der Waals surface area contributed by atoms with Crippen molar-refractivity contribution in [3.8, 4) is 0 Å². The van der Waals surface area contributed by atoms with Crippen LogP contribution in [0, 0.1) is 5.41 Å². The normalized spacial score (nSPS) is 40.9. The summed E-state index contributed by atoms with van der Waals surface area (Å²) < 4.78 is 10.9. The standard InChI is InChI=1S/C19H30O8/c1-10-7-12(21)8-18(3,4)19(10,25)6-5-11(2)26-17-16(24)15(23)14(22)13(9-20)27-17/h5-7,11,13-17,20,22-25H,8-9H2,1-4H3/b6-5+/t11-,13?,14-,15-,16+,17?,19-/m1/s1. The van der Waals surface area contributed by atoms with Crippen LogP contribution in [-0.4, -0.2) is 80.3 Å². The maximum atomic E-state index is 11.8. The Hall–Kier alpha value is -1.13. The zero-order chi connectivity index (χ0) is 20.6. The summed E-state index contributed by atoms with van der Waals surface area (Å²) in [6, 6.07) is 0. The summed E-state index contributed by atoms with van der Waals surface area (Å²) in [5, 5.41) is 50.0. The molecule has 7 atom stereocenters. The van der Waals surface area contributed by atoms with Gasteiger partial charge < -0.3 is 35.0 Å². The predicted octanol–water partition coefficient (Wildman–Crippen LogP) is -0.576. The van der Waals surface area contributed by atoms with E-state index < -0.39 is 54.4 Å². The zero-order valence-electron chi connectivity index (χ0n) is 16.1. The van der Waals surface area contributed by atoms with Crippen LogP contribution < -0.4 is 0 Å². The molecule has 5 N–H and O–H groups in total. The van der Waals surface area contributed by atoms with E-state index in [9.17, 15) is 30.3 Å². The minimum absolute atomic E-state index is 0.0406. The molecule has 1 heterocycles. The summed E-state index contributed by atoms with van der Waals surface area (Å²) >= 11 is 0. The van der Waals surface area contributed by atoms with Crippen molar-refractivity contribution in [3.63, 3.8) is 0 Å². The molecule has 1 aliphatic heterocycles. The number of hydrogen-bond donors (Lipinski definition) is 5. The van der Waals surface area contributed by atoms with Gasteiger partial charge in [-0.1, -0.05) is 19.9 Å². The lowest BCUT2D eigenvalue weighted by Crippen LogP contribution is -2.59. The Balaban J connectivity index is 2.11. The van der Waals surface area contributed by atoms with Gasteiger partial charge in [0, 0.05) is 11.8 Å². The van der Waals surface area contributed by atoms with Crippen LogP contribution in [0.25, 0.3) is 0 Å². The number of carbonyl (C=O) groups is 1. The fraction of sp³-hybridized carbons (Fsp3) is 0.737. The Morgan fingerprint density at radius 2 is 1.93 bits per heavy atom. The molecule has 1 saturated heterocycles. The Morgan fingerprint density at radius 3 is 2.48 bits per heavy atom. The highest BCUT2D eigenvalue weighted by atomic mass is 16.7. The number of ketones is 1. The molecule has 0 saturated carbocycles. The van der Waals surface area contributed by atoms with E-state index >= 15 is 0 Å². The van der Waals surface area contributed by atoms with E-state index in [0.29, 0.717) is 5.57 Å². The van der Waals surface area contributed by atoms with Crippen molar-refractivity contribution in [2.75, 3.05) is 6.61 Å². The molecule has 2 unspecified atom stereocenters. The molecule has 1 aliphatic carbocycles. The van der Waals surface area contributed by atoms with Gasteiger partial charge in [-0.2, -0.15) is 0 Å². The first kappa shape index (κ1) is 22.2. The van der Waals surface area contributed by atoms with Crippen LogP contribution in [0.3, 0.4) is 0 Å². The lowest BCUT2D eigenvalue weighted by molar-refractivity contribution is -0.306. The number of allylic oxidation sites excluding steroid dienone is 1. The Kier molecular flexibility index (Phi) is 6.63. The van der Waals surface area contributed by atoms with Gasteiger partial charge >= 0.3 is 0 Å². The molecular formula is C19H30O8. The van der Waals surface area contributed by atoms with Crippen LogP contribution in [0.1, 0.15) is 34.1 Å². The van der Waals surface area contributed by atoms with Gasteiger partial charge in [0.15, 0.2) is 12.1 Å². The minimum Gasteiger partial charge on any atom is -0.394 e. The highest BCUT2D eigenvalue weighted by Gasteiger charge is 2.47. The smallest absolute Gasteiger partial charge is 0.187 e. The third-order valence-corrected chi connectivity index (χ3v) is 5.43. The fourth-order valence-corrected chi connectivity index (χ4v) is 3.58. The maximum Gasteiger partial charge on any atom is 0.187 e. The topological polar surface area (TPSA) is 137 Å². The Morgan fingerprint density at radius 1 is 1.30 bits per heavy atom. The number of aliphatic hydroxyl groups is 5. The third-order valence-electron chi connectivity index (χ3n) is 5.43. The zero-order valence-corrected chi connectivity index (χ0v) is 16.1. The van der Waals surface area contributed by atoms with E-state index in [4.69, 9.17) is 9.47 Å². The molecule has 0 spiro atoms. The fourth-order valence-electron chi connectivity index (χ4n) is 3.58. The number of rotatable bonds is 5. The van der Waals surface area contributed by atoms with Crippen molar-refractivity contribution in [1.29, 1.82) is 0 Å². The summed E-state index contributed by atoms with van der Waals surface area (Å²) in [4.78, 5) is 11.8. The molecule has 2 rings (SSSR count). The maximum absolute atomic E-state index is 11.8. The summed E-state index contributed by atoms with van der Waals surface area (Å²) in [6.07, 6.45) is -2.64. The lowest BCUT2D eigenvalue weighted by atomic mass is 9.64. The van der Waals surface area contributed by atoms with Gasteiger partial charge in [-0.05, 0) is 31.6 Å². The first-order valence-corrected chi connectivity index (χ1v) is 9.02. The quantitative estimate of drug-likeness (QED) is 0.396. The Labute approximate surface area is 158 Å². The average molecular weight is 386 g/mol. The van der Waals surface area contributed by atoms with Crippen LogP contribution in [0.15, 0.2) is 23.8 Å². The summed E-state index contributed by atoms with van der Waals surface area (Å²) in [5.41, 5.74) is -1.52. The van der Waals surface area contributed by atoms with Crippen molar-refractivity contribution < 1.29 is 39.8 Å². The molecule has 0 aromatic heterocycles. The Bertz CT molecular complexity index is 611. The molecule has 8 heteroatoms. The molecule has 27 heavy (non-hydrogen) atoms. The lowest BCUT2D eigenvalue weighted by Gasteiger charge is -2.44. The summed E-state index contributed by atoms with van der Waals surface area (Å²) in [7, 11) is 0. The molecule has 154 valence electrons. The third kappa shape index (κ3) is 4.32. The first-order valence-electron chi connectivity index (χ1n) is 9.02. The van der Waals surface area contributed by atoms with Crippen LogP contribution in [0.5, 0.6) is 0 Å². The molecule has 8 nitrogen and oxygen atoms in total. The molecule has 1 fully saturated rings. The van der Waals surface area contributed by atoms with E-state index in [1.54, 1.807) is 39.8 Å². The highest BCUT2D eigenvalue weighted by molar-refractivity contribution is 5.92. The molecule has 2 aliphatic rings. The number of ether oxygens (including phenoxy) is 2. The first-order chi connectivity index (χ1) is 12.4. The van der Waals surface area contributed by atoms with Crippen molar-refractivity contribution >= 4 is 5.78 Å². The van der Waals surface area contributed by atoms with Crippen LogP contribution in [-0.2, 0) is 14.3 Å². The van der Waals surface area contributed by atoms with Gasteiger partial charge in [0.25, 0.3) is 0 Å². The van der Waals surface area contributed by atoms with Crippen LogP contribution >= 0.6 is 0 Å². The van der Waals surface area contributed by atoms with Gasteiger partial charge in [0.1, 0.15) is 30.0 Å². The SMILES string of the molecule is CC1=CC(=O)CC(C)(C)[C@@]1(O)/C=C/[C@@H](C)OC1OC(CO)[C@@H](O)[C@@H](O)[C@@H]1O. The number of aliphatic hydroxyl groups excluding tert-OH is 4. The van der Waals surface area contributed by atoms with Crippen molar-refractivity contribution in [2.24, 2.45) is 5.41 Å². The van der Waals surface area contributed by atoms with E-state index in [1.807, 2.05) is 0 Å². The highest BCUT2D eigenvalue weighted by Crippen LogP contribution is 2.44. The minimum atomic E-state index is -1.52. The molecule has 0 amide bonds. The second-order valence-corrected chi connectivity index (χ2v) is 8.02. The molecule has 0 radical (unpaired) electrons. The predicted molar refractivity (Wildman–Crippen MR) is 95.6 cm³/mol. The monoisotopic (exact) mass is 386 g/mol. The molecule has 0 aromatic rings. The summed E-state index contributed by atoms with van der Waals surface area (Å²) in [5.74, 6) is -0.0406. The van der Waals surface area contributed by atoms with Crippen molar-refractivity contribution in [2.45, 2.75) is 76.5 Å². The summed E-state index contributed by atoms with van der Waals surface area (Å²) in [6.45, 7) is 6.40. The van der Waals surface area contributed by atoms with E-state index in [2.05, 4.69) is 0 Å². The second kappa shape index (κ2) is 8.08. The number of carbonyl (C=O) groups excluding carboxylic acids is 1. The second-order valence-electron chi connectivity index (χ2n) is 8.02. The van der Waals surface area contributed by atoms with Crippen LogP contribution in [0.2, 0.25) is 0 Å². The van der Waals surface area contributed by atoms with Gasteiger partial charge in [-0.25, -0.2) is 0 Å². The van der Waals surface area contributed by atoms with Gasteiger partial charge in [-0.15, -0.1) is 0 Å². The van der Waals surface area contributed by atoms with Gasteiger partial charge in [-0.3, -0.25) is 4.79 Å². The van der Waals surface area contributed by atoms with Gasteiger partial charge in [0.2, 0.25) is 0 Å². The largest absolute Gasteiger partial charge is 0.394 e. The van der Waals surface area contributed by atoms with Crippen LogP contribution in [0.4, 0.5) is 0 Å². The van der Waals surface area contributed by atoms with E-state index in [1.165, 1.54) is 6.08 Å². The van der Waals surface area contributed by atoms with Crippen molar-refractivity contribution in [1.82, 2.24) is 0 Å². The molecular weight excluding hydrogens is 356 g/mol. The molecule has 0 aromatic carbocycles. The molecule has 0 bridgehead atoms. The van der Waals surface area contributed by atoms with E-state index in [0.717, 1.165) is 0 Å². The van der Waals surface area contributed by atoms with E-state index in [-0.39, 0.29) is 12.2 Å².